The molecule has 0 aromatic heterocycles. The largest absolute Gasteiger partial charge is 0.322 e. The summed E-state index contributed by atoms with van der Waals surface area (Å²) in [7, 11) is 0. The van der Waals surface area contributed by atoms with Gasteiger partial charge in [-0.3, -0.25) is 10.1 Å². The zero-order chi connectivity index (χ0) is 10.4. The van der Waals surface area contributed by atoms with Gasteiger partial charge in [-0.2, -0.15) is 0 Å². The summed E-state index contributed by atoms with van der Waals surface area (Å²) in [6.07, 6.45) is -0.0996. The Morgan fingerprint density at radius 3 is 2.50 bits per heavy atom. The van der Waals surface area contributed by atoms with Crippen molar-refractivity contribution in [2.75, 3.05) is 13.1 Å². The molecule has 78 valence electrons. The van der Waals surface area contributed by atoms with Crippen molar-refractivity contribution in [2.24, 2.45) is 0 Å². The lowest BCUT2D eigenvalue weighted by Gasteiger charge is -2.38. The molecule has 0 saturated carbocycles. The van der Waals surface area contributed by atoms with E-state index < -0.39 is 29.9 Å². The van der Waals surface area contributed by atoms with Crippen LogP contribution < -0.4 is 16.0 Å². The molecule has 2 saturated heterocycles. The molecule has 2 aliphatic rings. The van der Waals surface area contributed by atoms with Crippen molar-refractivity contribution in [1.29, 1.82) is 0 Å². The molecule has 3 amide bonds. The number of alkyl halides is 2. The predicted octanol–water partition coefficient (Wildman–Crippen LogP) is -0.807. The summed E-state index contributed by atoms with van der Waals surface area (Å²) in [5, 5.41) is 6.34. The Morgan fingerprint density at radius 2 is 2.00 bits per heavy atom. The molecule has 1 atom stereocenters. The van der Waals surface area contributed by atoms with Gasteiger partial charge < -0.3 is 10.6 Å². The number of carbonyl (C=O) groups excluding carboxylic acids is 2. The summed E-state index contributed by atoms with van der Waals surface area (Å²) < 4.78 is 26.9. The topological polar surface area (TPSA) is 70.2 Å². The highest BCUT2D eigenvalue weighted by Gasteiger charge is 2.64. The van der Waals surface area contributed by atoms with Gasteiger partial charge in [0.05, 0.1) is 6.54 Å². The molecule has 1 unspecified atom stereocenters. The van der Waals surface area contributed by atoms with Gasteiger partial charge in [0.1, 0.15) is 0 Å². The smallest absolute Gasteiger partial charge is 0.318 e. The van der Waals surface area contributed by atoms with E-state index in [9.17, 15) is 18.4 Å². The van der Waals surface area contributed by atoms with Gasteiger partial charge in [-0.15, -0.1) is 0 Å². The highest BCUT2D eigenvalue weighted by molar-refractivity contribution is 6.07. The first-order valence-electron chi connectivity index (χ1n) is 4.20. The quantitative estimate of drug-likeness (QED) is 0.453. The fourth-order valence-electron chi connectivity index (χ4n) is 1.78. The zero-order valence-electron chi connectivity index (χ0n) is 7.19. The van der Waals surface area contributed by atoms with Crippen molar-refractivity contribution in [3.63, 3.8) is 0 Å². The number of amides is 3. The molecule has 5 nitrogen and oxygen atoms in total. The third kappa shape index (κ3) is 1.02. The van der Waals surface area contributed by atoms with Crippen molar-refractivity contribution in [2.45, 2.75) is 17.9 Å². The zero-order valence-corrected chi connectivity index (χ0v) is 7.19. The fraction of sp³-hybridized carbons (Fsp3) is 0.714. The van der Waals surface area contributed by atoms with E-state index in [0.717, 1.165) is 0 Å². The van der Waals surface area contributed by atoms with Crippen molar-refractivity contribution in [1.82, 2.24) is 16.0 Å². The molecule has 7 heteroatoms. The van der Waals surface area contributed by atoms with Gasteiger partial charge in [0.2, 0.25) is 0 Å². The molecule has 2 heterocycles. The van der Waals surface area contributed by atoms with E-state index in [4.69, 9.17) is 0 Å². The van der Waals surface area contributed by atoms with E-state index in [1.54, 1.807) is 0 Å². The van der Waals surface area contributed by atoms with E-state index in [0.29, 0.717) is 0 Å². The van der Waals surface area contributed by atoms with Crippen LogP contribution in [0.1, 0.15) is 6.42 Å². The summed E-state index contributed by atoms with van der Waals surface area (Å²) in [6.45, 7) is -0.315. The first kappa shape index (κ1) is 9.32. The summed E-state index contributed by atoms with van der Waals surface area (Å²) >= 11 is 0. The Balaban J connectivity index is 2.37. The van der Waals surface area contributed by atoms with Gasteiger partial charge in [0.15, 0.2) is 5.54 Å². The van der Waals surface area contributed by atoms with Crippen LogP contribution in [0.2, 0.25) is 0 Å². The average molecular weight is 205 g/mol. The normalized spacial score (nSPS) is 35.6. The van der Waals surface area contributed by atoms with Crippen LogP contribution in [0.25, 0.3) is 0 Å². The van der Waals surface area contributed by atoms with Gasteiger partial charge in [0.25, 0.3) is 11.8 Å². The van der Waals surface area contributed by atoms with Gasteiger partial charge in [-0.05, 0) is 13.0 Å². The molecule has 0 aromatic carbocycles. The molecule has 2 fully saturated rings. The van der Waals surface area contributed by atoms with E-state index in [-0.39, 0.29) is 13.0 Å². The maximum Gasteiger partial charge on any atom is 0.322 e. The van der Waals surface area contributed by atoms with E-state index in [1.165, 1.54) is 0 Å². The van der Waals surface area contributed by atoms with Crippen LogP contribution in [0.4, 0.5) is 13.6 Å². The van der Waals surface area contributed by atoms with Crippen molar-refractivity contribution >= 4 is 11.9 Å². The number of rotatable bonds is 0. The predicted molar refractivity (Wildman–Crippen MR) is 41.8 cm³/mol. The minimum absolute atomic E-state index is 0.0996. The van der Waals surface area contributed by atoms with Crippen LogP contribution in [-0.2, 0) is 4.79 Å². The molecule has 2 aliphatic heterocycles. The van der Waals surface area contributed by atoms with Gasteiger partial charge in [0, 0.05) is 0 Å². The van der Waals surface area contributed by atoms with E-state index in [2.05, 4.69) is 5.32 Å². The van der Waals surface area contributed by atoms with Gasteiger partial charge >= 0.3 is 6.03 Å². The van der Waals surface area contributed by atoms with Crippen LogP contribution in [0, 0.1) is 0 Å². The van der Waals surface area contributed by atoms with Crippen LogP contribution in [0.5, 0.6) is 0 Å². The monoisotopic (exact) mass is 205 g/mol. The number of piperidine rings is 1. The van der Waals surface area contributed by atoms with E-state index >= 15 is 0 Å². The number of nitrogens with one attached hydrogen (secondary N) is 3. The number of carbonyl (C=O) groups is 2. The highest BCUT2D eigenvalue weighted by Crippen LogP contribution is 2.35. The van der Waals surface area contributed by atoms with Crippen LogP contribution in [0.3, 0.4) is 0 Å². The summed E-state index contributed by atoms with van der Waals surface area (Å²) in [6, 6.07) is -0.850. The average Bonchev–Trinajstić information content (AvgIpc) is 2.35. The number of hydrogen-bond acceptors (Lipinski definition) is 3. The molecule has 0 radical (unpaired) electrons. The molecule has 2 rings (SSSR count). The number of halogens is 2. The highest BCUT2D eigenvalue weighted by atomic mass is 19.3. The molecule has 14 heavy (non-hydrogen) atoms. The molecular weight excluding hydrogens is 196 g/mol. The Labute approximate surface area is 78.2 Å². The number of hydrogen-bond donors (Lipinski definition) is 3. The lowest BCUT2D eigenvalue weighted by atomic mass is 9.85. The Morgan fingerprint density at radius 1 is 1.29 bits per heavy atom. The third-order valence-corrected chi connectivity index (χ3v) is 2.59. The second-order valence-electron chi connectivity index (χ2n) is 3.44. The molecule has 0 aliphatic carbocycles. The Bertz CT molecular complexity index is 307. The second-order valence-corrected chi connectivity index (χ2v) is 3.44. The van der Waals surface area contributed by atoms with Gasteiger partial charge in [-0.25, -0.2) is 13.6 Å². The minimum atomic E-state index is -3.25. The summed E-state index contributed by atoms with van der Waals surface area (Å²) in [5.74, 6) is -4.18. The maximum absolute atomic E-state index is 13.5. The van der Waals surface area contributed by atoms with Crippen LogP contribution >= 0.6 is 0 Å². The lowest BCUT2D eigenvalue weighted by Crippen LogP contribution is -2.67. The fourth-order valence-corrected chi connectivity index (χ4v) is 1.78. The first-order valence-corrected chi connectivity index (χ1v) is 4.20. The lowest BCUT2D eigenvalue weighted by molar-refractivity contribution is -0.146. The molecular formula is C7H9F2N3O2. The first-order chi connectivity index (χ1) is 6.48. The minimum Gasteiger partial charge on any atom is -0.318 e. The number of imide groups is 1. The SMILES string of the molecule is O=C1NC(=O)C2(CCNCC2(F)F)N1. The standard InChI is InChI=1S/C7H9F2N3O2/c8-7(9)3-10-2-1-6(7)4(13)11-5(14)12-6/h10H,1-3H2,(H2,11,12,13,14). The second kappa shape index (κ2) is 2.63. The van der Waals surface area contributed by atoms with Crippen LogP contribution in [-0.4, -0.2) is 36.5 Å². The number of urea groups is 1. The molecule has 3 N–H and O–H groups in total. The van der Waals surface area contributed by atoms with Crippen molar-refractivity contribution in [3.05, 3.63) is 0 Å². The maximum atomic E-state index is 13.5. The Kier molecular flexibility index (Phi) is 1.75. The molecule has 0 aromatic rings. The van der Waals surface area contributed by atoms with Gasteiger partial charge in [-0.1, -0.05) is 0 Å². The van der Waals surface area contributed by atoms with Crippen molar-refractivity contribution in [3.8, 4) is 0 Å². The Hall–Kier alpha value is -1.24. The molecule has 0 bridgehead atoms. The third-order valence-electron chi connectivity index (χ3n) is 2.59. The molecule has 1 spiro atoms. The van der Waals surface area contributed by atoms with Crippen molar-refractivity contribution < 1.29 is 18.4 Å². The van der Waals surface area contributed by atoms with E-state index in [1.807, 2.05) is 10.6 Å². The summed E-state index contributed by atoms with van der Waals surface area (Å²) in [4.78, 5) is 22.1. The van der Waals surface area contributed by atoms with Crippen LogP contribution in [0.15, 0.2) is 0 Å². The summed E-state index contributed by atoms with van der Waals surface area (Å²) in [5.41, 5.74) is -2.05.